The van der Waals surface area contributed by atoms with Crippen molar-refractivity contribution in [1.29, 1.82) is 5.26 Å². The van der Waals surface area contributed by atoms with Gasteiger partial charge >= 0.3 is 5.97 Å². The van der Waals surface area contributed by atoms with Crippen molar-refractivity contribution in [2.45, 2.75) is 6.92 Å². The lowest BCUT2D eigenvalue weighted by molar-refractivity contribution is -0.142. The molecule has 1 amide bonds. The number of amides is 1. The van der Waals surface area contributed by atoms with E-state index in [-0.39, 0.29) is 25.0 Å². The molecule has 0 unspecified atom stereocenters. The van der Waals surface area contributed by atoms with Crippen molar-refractivity contribution in [2.75, 3.05) is 32.1 Å². The number of carbonyl (C=O) groups excluding carboxylic acids is 2. The van der Waals surface area contributed by atoms with Gasteiger partial charge in [0.2, 0.25) is 5.91 Å². The molecule has 0 aliphatic heterocycles. The van der Waals surface area contributed by atoms with Crippen molar-refractivity contribution in [1.82, 2.24) is 4.90 Å². The van der Waals surface area contributed by atoms with Gasteiger partial charge in [-0.3, -0.25) is 14.5 Å². The Morgan fingerprint density at radius 3 is 2.75 bits per heavy atom. The van der Waals surface area contributed by atoms with Crippen LogP contribution >= 0.6 is 0 Å². The van der Waals surface area contributed by atoms with Gasteiger partial charge in [-0.05, 0) is 24.7 Å². The van der Waals surface area contributed by atoms with Crippen LogP contribution in [0.3, 0.4) is 0 Å². The third-order valence-electron chi connectivity index (χ3n) is 2.67. The Morgan fingerprint density at radius 1 is 1.40 bits per heavy atom. The van der Waals surface area contributed by atoms with Gasteiger partial charge in [0.15, 0.2) is 0 Å². The number of nitrogens with one attached hydrogen (secondary N) is 1. The smallest absolute Gasteiger partial charge is 0.319 e. The molecule has 0 aromatic heterocycles. The van der Waals surface area contributed by atoms with Crippen molar-refractivity contribution in [3.63, 3.8) is 0 Å². The van der Waals surface area contributed by atoms with E-state index in [9.17, 15) is 9.59 Å². The van der Waals surface area contributed by atoms with Gasteiger partial charge in [-0.2, -0.15) is 5.26 Å². The molecular formula is C14H17N3O3. The molecule has 0 fully saturated rings. The molecule has 6 heteroatoms. The fraction of sp³-hybridized carbons (Fsp3) is 0.357. The fourth-order valence-electron chi connectivity index (χ4n) is 1.60. The summed E-state index contributed by atoms with van der Waals surface area (Å²) in [4.78, 5) is 24.7. The maximum atomic E-state index is 11.9. The van der Waals surface area contributed by atoms with Gasteiger partial charge in [0.05, 0.1) is 31.8 Å². The van der Waals surface area contributed by atoms with Crippen LogP contribution in [0.2, 0.25) is 0 Å². The predicted octanol–water partition coefficient (Wildman–Crippen LogP) is 0.992. The second-order valence-corrected chi connectivity index (χ2v) is 4.12. The number of hydrogen-bond acceptors (Lipinski definition) is 5. The molecule has 0 saturated carbocycles. The van der Waals surface area contributed by atoms with E-state index in [1.165, 1.54) is 7.11 Å². The van der Waals surface area contributed by atoms with Gasteiger partial charge in [0, 0.05) is 5.69 Å². The number of benzene rings is 1. The average Bonchev–Trinajstić information content (AvgIpc) is 2.46. The van der Waals surface area contributed by atoms with E-state index in [0.717, 1.165) is 0 Å². The van der Waals surface area contributed by atoms with Gasteiger partial charge in [0.1, 0.15) is 0 Å². The zero-order chi connectivity index (χ0) is 15.0. The number of rotatable bonds is 6. The summed E-state index contributed by atoms with van der Waals surface area (Å²) in [5.74, 6) is -0.628. The van der Waals surface area contributed by atoms with Gasteiger partial charge in [-0.15, -0.1) is 0 Å². The molecule has 0 saturated heterocycles. The fourth-order valence-corrected chi connectivity index (χ4v) is 1.60. The van der Waals surface area contributed by atoms with Crippen LogP contribution in [0.1, 0.15) is 12.5 Å². The normalized spacial score (nSPS) is 9.90. The van der Waals surface area contributed by atoms with Crippen LogP contribution in [-0.2, 0) is 14.3 Å². The summed E-state index contributed by atoms with van der Waals surface area (Å²) >= 11 is 0. The Balaban J connectivity index is 2.57. The number of carbonyl (C=O) groups is 2. The number of hydrogen-bond donors (Lipinski definition) is 1. The molecule has 20 heavy (non-hydrogen) atoms. The van der Waals surface area contributed by atoms with Gasteiger partial charge in [-0.25, -0.2) is 0 Å². The molecule has 1 aromatic carbocycles. The summed E-state index contributed by atoms with van der Waals surface area (Å²) < 4.78 is 4.56. The Morgan fingerprint density at radius 2 is 2.15 bits per heavy atom. The standard InChI is InChI=1S/C14H17N3O3/c1-3-17(10-14(19)20-2)9-13(18)16-12-6-4-5-11(7-12)8-15/h4-7H,3,9-10H2,1-2H3,(H,16,18). The topological polar surface area (TPSA) is 82.4 Å². The molecule has 1 N–H and O–H groups in total. The van der Waals surface area contributed by atoms with Gasteiger partial charge < -0.3 is 10.1 Å². The SMILES string of the molecule is CCN(CC(=O)Nc1cccc(C#N)c1)CC(=O)OC. The number of methoxy groups -OCH3 is 1. The Labute approximate surface area is 117 Å². The first kappa shape index (κ1) is 15.7. The van der Waals surface area contributed by atoms with Crippen molar-refractivity contribution >= 4 is 17.6 Å². The van der Waals surface area contributed by atoms with Crippen LogP contribution in [0.25, 0.3) is 0 Å². The molecule has 0 heterocycles. The zero-order valence-electron chi connectivity index (χ0n) is 11.5. The number of esters is 1. The highest BCUT2D eigenvalue weighted by Crippen LogP contribution is 2.09. The second-order valence-electron chi connectivity index (χ2n) is 4.12. The van der Waals surface area contributed by atoms with E-state index in [2.05, 4.69) is 10.1 Å². The summed E-state index contributed by atoms with van der Waals surface area (Å²) in [6.07, 6.45) is 0. The summed E-state index contributed by atoms with van der Waals surface area (Å²) in [6.45, 7) is 2.56. The van der Waals surface area contributed by atoms with E-state index < -0.39 is 0 Å². The molecule has 0 spiro atoms. The lowest BCUT2D eigenvalue weighted by atomic mass is 10.2. The highest BCUT2D eigenvalue weighted by molar-refractivity contribution is 5.92. The first-order valence-electron chi connectivity index (χ1n) is 6.18. The maximum Gasteiger partial charge on any atom is 0.319 e. The summed E-state index contributed by atoms with van der Waals surface area (Å²) in [5.41, 5.74) is 1.04. The van der Waals surface area contributed by atoms with Crippen molar-refractivity contribution in [3.8, 4) is 6.07 Å². The molecule has 106 valence electrons. The van der Waals surface area contributed by atoms with Crippen LogP contribution in [0.5, 0.6) is 0 Å². The van der Waals surface area contributed by atoms with Crippen LogP contribution < -0.4 is 5.32 Å². The highest BCUT2D eigenvalue weighted by Gasteiger charge is 2.13. The Bertz CT molecular complexity index is 523. The van der Waals surface area contributed by atoms with Crippen molar-refractivity contribution < 1.29 is 14.3 Å². The van der Waals surface area contributed by atoms with Crippen molar-refractivity contribution in [2.24, 2.45) is 0 Å². The summed E-state index contributed by atoms with van der Waals surface area (Å²) in [5, 5.41) is 11.5. The maximum absolute atomic E-state index is 11.9. The largest absolute Gasteiger partial charge is 0.468 e. The average molecular weight is 275 g/mol. The molecule has 1 rings (SSSR count). The number of likely N-dealkylation sites (N-methyl/N-ethyl adjacent to an activating group) is 1. The summed E-state index contributed by atoms with van der Waals surface area (Å²) in [7, 11) is 1.31. The van der Waals surface area contributed by atoms with E-state index in [0.29, 0.717) is 17.8 Å². The van der Waals surface area contributed by atoms with E-state index in [1.807, 2.05) is 13.0 Å². The minimum Gasteiger partial charge on any atom is -0.468 e. The molecule has 0 bridgehead atoms. The number of ether oxygens (including phenoxy) is 1. The van der Waals surface area contributed by atoms with Crippen LogP contribution in [0.4, 0.5) is 5.69 Å². The highest BCUT2D eigenvalue weighted by atomic mass is 16.5. The number of anilines is 1. The Hall–Kier alpha value is -2.39. The molecular weight excluding hydrogens is 258 g/mol. The Kier molecular flexibility index (Phi) is 6.20. The minimum atomic E-state index is -0.383. The quantitative estimate of drug-likeness (QED) is 0.783. The van der Waals surface area contributed by atoms with Gasteiger partial charge in [-0.1, -0.05) is 13.0 Å². The van der Waals surface area contributed by atoms with Crippen molar-refractivity contribution in [3.05, 3.63) is 29.8 Å². The van der Waals surface area contributed by atoms with Crippen LogP contribution in [0, 0.1) is 11.3 Å². The minimum absolute atomic E-state index is 0.0681. The number of nitriles is 1. The van der Waals surface area contributed by atoms with Gasteiger partial charge in [0.25, 0.3) is 0 Å². The zero-order valence-corrected chi connectivity index (χ0v) is 11.5. The van der Waals surface area contributed by atoms with Crippen LogP contribution in [0.15, 0.2) is 24.3 Å². The lowest BCUT2D eigenvalue weighted by Crippen LogP contribution is -2.37. The van der Waals surface area contributed by atoms with E-state index >= 15 is 0 Å². The number of nitrogens with zero attached hydrogens (tertiary/aromatic N) is 2. The second kappa shape index (κ2) is 7.92. The first-order chi connectivity index (χ1) is 9.58. The summed E-state index contributed by atoms with van der Waals surface area (Å²) in [6, 6.07) is 8.65. The lowest BCUT2D eigenvalue weighted by Gasteiger charge is -2.18. The monoisotopic (exact) mass is 275 g/mol. The third kappa shape index (κ3) is 5.08. The molecule has 0 aliphatic rings. The molecule has 0 radical (unpaired) electrons. The molecule has 0 atom stereocenters. The van der Waals surface area contributed by atoms with Crippen LogP contribution in [-0.4, -0.2) is 43.5 Å². The third-order valence-corrected chi connectivity index (χ3v) is 2.67. The molecule has 0 aliphatic carbocycles. The molecule has 1 aromatic rings. The predicted molar refractivity (Wildman–Crippen MR) is 73.9 cm³/mol. The van der Waals surface area contributed by atoms with E-state index in [4.69, 9.17) is 5.26 Å². The molecule has 6 nitrogen and oxygen atoms in total. The van der Waals surface area contributed by atoms with E-state index in [1.54, 1.807) is 29.2 Å². The first-order valence-corrected chi connectivity index (χ1v) is 6.18.